The summed E-state index contributed by atoms with van der Waals surface area (Å²) in [5.41, 5.74) is 3.61. The van der Waals surface area contributed by atoms with Crippen LogP contribution in [0.4, 0.5) is 10.1 Å². The number of hydrogen-bond acceptors (Lipinski definition) is 7. The first kappa shape index (κ1) is 20.7. The SMILES string of the molecule is C=NC1=C(NC(C)c2ccc(F)cc2CN=O)CCN(c2cnn(C=O)c2Cl)C1. The summed E-state index contributed by atoms with van der Waals surface area (Å²) in [4.78, 5) is 27.8. The third-order valence-electron chi connectivity index (χ3n) is 4.87. The second kappa shape index (κ2) is 8.95. The van der Waals surface area contributed by atoms with E-state index in [2.05, 4.69) is 27.3 Å². The summed E-state index contributed by atoms with van der Waals surface area (Å²) in [6.45, 7) is 6.55. The molecule has 0 spiro atoms. The molecule has 3 rings (SSSR count). The summed E-state index contributed by atoms with van der Waals surface area (Å²) in [6, 6.07) is 4.15. The van der Waals surface area contributed by atoms with E-state index in [1.54, 1.807) is 6.07 Å². The van der Waals surface area contributed by atoms with Crippen LogP contribution in [0.25, 0.3) is 0 Å². The van der Waals surface area contributed by atoms with Gasteiger partial charge >= 0.3 is 0 Å². The molecule has 10 heteroatoms. The van der Waals surface area contributed by atoms with E-state index in [0.29, 0.717) is 37.2 Å². The quantitative estimate of drug-likeness (QED) is 0.402. The molecule has 0 radical (unpaired) electrons. The molecule has 1 aromatic carbocycles. The van der Waals surface area contributed by atoms with Gasteiger partial charge in [-0.25, -0.2) is 4.39 Å². The molecule has 0 bridgehead atoms. The molecule has 0 fully saturated rings. The molecular formula is C19H20ClFN6O2. The van der Waals surface area contributed by atoms with Crippen molar-refractivity contribution in [2.24, 2.45) is 10.2 Å². The average molecular weight is 419 g/mol. The van der Waals surface area contributed by atoms with E-state index in [0.717, 1.165) is 21.6 Å². The summed E-state index contributed by atoms with van der Waals surface area (Å²) in [5.74, 6) is -0.409. The number of carbonyl (C=O) groups is 1. The van der Waals surface area contributed by atoms with Crippen molar-refractivity contribution in [3.05, 3.63) is 62.8 Å². The summed E-state index contributed by atoms with van der Waals surface area (Å²) in [7, 11) is 0. The standard InChI is InChI=1S/C19H20ClFN6O2/c1-12(15-4-3-14(21)7-13(15)8-24-29)25-16-5-6-26(10-17(16)22-2)18-9-23-27(11-28)19(18)20/h3-4,7,9,11-12,25H,2,5-6,8,10H2,1H3. The van der Waals surface area contributed by atoms with Gasteiger partial charge in [-0.2, -0.15) is 14.7 Å². The van der Waals surface area contributed by atoms with Crippen LogP contribution in [-0.2, 0) is 11.3 Å². The highest BCUT2D eigenvalue weighted by Gasteiger charge is 2.24. The molecule has 1 N–H and O–H groups in total. The summed E-state index contributed by atoms with van der Waals surface area (Å²) >= 11 is 6.19. The minimum absolute atomic E-state index is 0.0995. The minimum atomic E-state index is -0.409. The predicted molar refractivity (Wildman–Crippen MR) is 110 cm³/mol. The Balaban J connectivity index is 1.81. The number of anilines is 1. The Kier molecular flexibility index (Phi) is 6.38. The number of nitrogens with one attached hydrogen (secondary N) is 1. The van der Waals surface area contributed by atoms with Crippen LogP contribution in [0.1, 0.15) is 30.5 Å². The van der Waals surface area contributed by atoms with Gasteiger partial charge in [-0.1, -0.05) is 22.8 Å². The van der Waals surface area contributed by atoms with Crippen molar-refractivity contribution in [3.8, 4) is 0 Å². The van der Waals surface area contributed by atoms with Crippen molar-refractivity contribution in [1.29, 1.82) is 0 Å². The zero-order valence-corrected chi connectivity index (χ0v) is 16.6. The maximum Gasteiger partial charge on any atom is 0.235 e. The second-order valence-corrected chi connectivity index (χ2v) is 6.98. The van der Waals surface area contributed by atoms with Gasteiger partial charge in [0.15, 0.2) is 5.15 Å². The van der Waals surface area contributed by atoms with Gasteiger partial charge < -0.3 is 10.2 Å². The highest BCUT2D eigenvalue weighted by atomic mass is 35.5. The number of benzene rings is 1. The van der Waals surface area contributed by atoms with E-state index in [4.69, 9.17) is 11.6 Å². The molecular weight excluding hydrogens is 399 g/mol. The summed E-state index contributed by atoms with van der Waals surface area (Å²) in [5, 5.41) is 10.5. The Labute approximate surface area is 172 Å². The molecule has 29 heavy (non-hydrogen) atoms. The van der Waals surface area contributed by atoms with Crippen LogP contribution in [0.5, 0.6) is 0 Å². The molecule has 152 valence electrons. The number of nitrogens with zero attached hydrogens (tertiary/aromatic N) is 5. The van der Waals surface area contributed by atoms with Crippen LogP contribution < -0.4 is 10.2 Å². The second-order valence-electron chi connectivity index (χ2n) is 6.62. The van der Waals surface area contributed by atoms with Gasteiger partial charge in [0.1, 0.15) is 12.4 Å². The molecule has 0 amide bonds. The average Bonchev–Trinajstić information content (AvgIpc) is 3.09. The number of aromatic nitrogens is 2. The van der Waals surface area contributed by atoms with Crippen molar-refractivity contribution in [2.75, 3.05) is 18.0 Å². The number of aliphatic imine (C=N–C) groups is 1. The first-order chi connectivity index (χ1) is 14.0. The number of carbonyl (C=O) groups excluding carboxylic acids is 1. The molecule has 8 nitrogen and oxygen atoms in total. The van der Waals surface area contributed by atoms with Crippen LogP contribution in [0, 0.1) is 10.7 Å². The molecule has 1 aliphatic heterocycles. The molecule has 1 unspecified atom stereocenters. The minimum Gasteiger partial charge on any atom is -0.380 e. The van der Waals surface area contributed by atoms with E-state index < -0.39 is 5.82 Å². The Morgan fingerprint density at radius 3 is 2.93 bits per heavy atom. The first-order valence-electron chi connectivity index (χ1n) is 8.94. The van der Waals surface area contributed by atoms with Crippen molar-refractivity contribution >= 4 is 30.4 Å². The molecule has 1 atom stereocenters. The maximum absolute atomic E-state index is 13.5. The molecule has 2 heterocycles. The zero-order chi connectivity index (χ0) is 21.0. The molecule has 1 aromatic heterocycles. The van der Waals surface area contributed by atoms with Crippen molar-refractivity contribution in [3.63, 3.8) is 0 Å². The largest absolute Gasteiger partial charge is 0.380 e. The smallest absolute Gasteiger partial charge is 0.235 e. The van der Waals surface area contributed by atoms with Crippen molar-refractivity contribution in [2.45, 2.75) is 25.9 Å². The number of nitroso groups, excluding NO2 is 1. The number of hydrogen-bond donors (Lipinski definition) is 1. The predicted octanol–water partition coefficient (Wildman–Crippen LogP) is 3.45. The molecule has 1 aliphatic rings. The lowest BCUT2D eigenvalue weighted by Crippen LogP contribution is -2.35. The van der Waals surface area contributed by atoms with Gasteiger partial charge in [0.2, 0.25) is 6.41 Å². The first-order valence-corrected chi connectivity index (χ1v) is 9.32. The van der Waals surface area contributed by atoms with Gasteiger partial charge in [-0.05, 0) is 36.9 Å². The van der Waals surface area contributed by atoms with Gasteiger partial charge in [-0.15, -0.1) is 0 Å². The highest BCUT2D eigenvalue weighted by Crippen LogP contribution is 2.30. The summed E-state index contributed by atoms with van der Waals surface area (Å²) < 4.78 is 14.6. The zero-order valence-electron chi connectivity index (χ0n) is 15.8. The maximum atomic E-state index is 13.5. The Bertz CT molecular complexity index is 974. The Morgan fingerprint density at radius 2 is 2.28 bits per heavy atom. The van der Waals surface area contributed by atoms with Gasteiger partial charge in [0.25, 0.3) is 0 Å². The third-order valence-corrected chi connectivity index (χ3v) is 5.23. The van der Waals surface area contributed by atoms with Crippen LogP contribution in [0.15, 0.2) is 46.0 Å². The number of halogens is 2. The fourth-order valence-electron chi connectivity index (χ4n) is 3.42. The Morgan fingerprint density at radius 1 is 1.48 bits per heavy atom. The lowest BCUT2D eigenvalue weighted by atomic mass is 10.00. The Hall–Kier alpha value is -3.07. The van der Waals surface area contributed by atoms with E-state index in [9.17, 15) is 14.1 Å². The van der Waals surface area contributed by atoms with E-state index in [1.165, 1.54) is 18.3 Å². The third kappa shape index (κ3) is 4.34. The molecule has 0 saturated heterocycles. The number of rotatable bonds is 8. The topological polar surface area (TPSA) is 91.9 Å². The van der Waals surface area contributed by atoms with E-state index in [-0.39, 0.29) is 17.7 Å². The van der Waals surface area contributed by atoms with Crippen LogP contribution in [0.3, 0.4) is 0 Å². The van der Waals surface area contributed by atoms with Gasteiger partial charge in [0, 0.05) is 24.7 Å². The fourth-order valence-corrected chi connectivity index (χ4v) is 3.67. The van der Waals surface area contributed by atoms with E-state index in [1.807, 2.05) is 11.8 Å². The highest BCUT2D eigenvalue weighted by molar-refractivity contribution is 6.32. The lowest BCUT2D eigenvalue weighted by Gasteiger charge is -2.32. The van der Waals surface area contributed by atoms with Crippen LogP contribution in [0.2, 0.25) is 5.15 Å². The molecule has 2 aromatic rings. The lowest BCUT2D eigenvalue weighted by molar-refractivity contribution is 0.540. The summed E-state index contributed by atoms with van der Waals surface area (Å²) in [6.07, 6.45) is 2.71. The normalized spacial score (nSPS) is 15.2. The molecule has 0 aliphatic carbocycles. The van der Waals surface area contributed by atoms with Gasteiger partial charge in [0.05, 0.1) is 24.1 Å². The van der Waals surface area contributed by atoms with E-state index >= 15 is 0 Å². The van der Waals surface area contributed by atoms with Crippen molar-refractivity contribution in [1.82, 2.24) is 15.1 Å². The van der Waals surface area contributed by atoms with Crippen LogP contribution in [-0.4, -0.2) is 36.0 Å². The van der Waals surface area contributed by atoms with Crippen molar-refractivity contribution < 1.29 is 9.18 Å². The van der Waals surface area contributed by atoms with Gasteiger partial charge in [-0.3, -0.25) is 9.79 Å². The fraction of sp³-hybridized carbons (Fsp3) is 0.316. The molecule has 0 saturated carbocycles. The monoisotopic (exact) mass is 418 g/mol. The van der Waals surface area contributed by atoms with Crippen LogP contribution >= 0.6 is 11.6 Å².